The molecule has 1 aliphatic rings. The highest BCUT2D eigenvalue weighted by Gasteiger charge is 2.17. The number of ether oxygens (including phenoxy) is 1. The predicted molar refractivity (Wildman–Crippen MR) is 87.1 cm³/mol. The normalized spacial score (nSPS) is 20.0. The highest BCUT2D eigenvalue weighted by Crippen LogP contribution is 2.22. The number of aromatic nitrogens is 3. The molecule has 2 aromatic rings. The van der Waals surface area contributed by atoms with E-state index < -0.39 is 0 Å². The maximum Gasteiger partial charge on any atom is 0.165 e. The molecule has 0 aliphatic carbocycles. The van der Waals surface area contributed by atoms with Gasteiger partial charge in [-0.15, -0.1) is 0 Å². The molecule has 6 heteroatoms. The summed E-state index contributed by atoms with van der Waals surface area (Å²) < 4.78 is 5.67. The Kier molecular flexibility index (Phi) is 4.49. The molecule has 6 nitrogen and oxygen atoms in total. The number of fused-ring (bicyclic) bond motifs is 1. The molecule has 0 amide bonds. The zero-order chi connectivity index (χ0) is 15.5. The number of aryl methyl sites for hydroxylation is 2. The quantitative estimate of drug-likeness (QED) is 0.930. The lowest BCUT2D eigenvalue weighted by molar-refractivity contribution is 0.125. The summed E-state index contributed by atoms with van der Waals surface area (Å²) in [7, 11) is 2.14. The lowest BCUT2D eigenvalue weighted by Crippen LogP contribution is -2.30. The Morgan fingerprint density at radius 1 is 1.36 bits per heavy atom. The number of likely N-dealkylation sites (N-methyl/N-ethyl adjacent to an activating group) is 1. The van der Waals surface area contributed by atoms with Gasteiger partial charge in [-0.05, 0) is 32.5 Å². The number of nitrogens with zero attached hydrogens (tertiary/aromatic N) is 4. The molecule has 1 N–H and O–H groups in total. The van der Waals surface area contributed by atoms with Gasteiger partial charge in [0, 0.05) is 31.2 Å². The average molecular weight is 301 g/mol. The lowest BCUT2D eigenvalue weighted by atomic mass is 10.1. The molecule has 118 valence electrons. The zero-order valence-electron chi connectivity index (χ0n) is 13.5. The molecule has 22 heavy (non-hydrogen) atoms. The zero-order valence-corrected chi connectivity index (χ0v) is 13.5. The van der Waals surface area contributed by atoms with E-state index in [1.807, 2.05) is 6.92 Å². The Morgan fingerprint density at radius 2 is 2.23 bits per heavy atom. The monoisotopic (exact) mass is 301 g/mol. The van der Waals surface area contributed by atoms with E-state index in [1.54, 1.807) is 6.33 Å². The number of rotatable bonds is 3. The molecule has 0 saturated carbocycles. The largest absolute Gasteiger partial charge is 0.380 e. The van der Waals surface area contributed by atoms with Crippen molar-refractivity contribution in [3.63, 3.8) is 0 Å². The van der Waals surface area contributed by atoms with Gasteiger partial charge in [0.2, 0.25) is 0 Å². The molecule has 1 unspecified atom stereocenters. The van der Waals surface area contributed by atoms with Crippen molar-refractivity contribution in [2.24, 2.45) is 5.92 Å². The van der Waals surface area contributed by atoms with E-state index in [2.05, 4.69) is 45.2 Å². The first kappa shape index (κ1) is 15.1. The third-order valence-corrected chi connectivity index (χ3v) is 4.03. The lowest BCUT2D eigenvalue weighted by Gasteiger charge is -2.20. The van der Waals surface area contributed by atoms with Gasteiger partial charge >= 0.3 is 0 Å². The van der Waals surface area contributed by atoms with E-state index in [4.69, 9.17) is 4.74 Å². The molecule has 0 radical (unpaired) electrons. The first-order valence-corrected chi connectivity index (χ1v) is 7.72. The SMILES string of the molecule is Cc1cc(C)c2c(NCC3COCCN(C)C3)ncnc2n1. The standard InChI is InChI=1S/C16H23N5O/c1-11-6-12(2)20-16-14(11)15(18-10-19-16)17-7-13-8-21(3)4-5-22-9-13/h6,10,13H,4-5,7-9H2,1-3H3,(H,17,18,19,20). The predicted octanol–water partition coefficient (Wildman–Crippen LogP) is 1.63. The Labute approximate surface area is 130 Å². The molecular formula is C16H23N5O. The fourth-order valence-corrected chi connectivity index (χ4v) is 2.96. The van der Waals surface area contributed by atoms with Crippen molar-refractivity contribution in [2.45, 2.75) is 13.8 Å². The summed E-state index contributed by atoms with van der Waals surface area (Å²) in [4.78, 5) is 15.5. The Morgan fingerprint density at radius 3 is 3.09 bits per heavy atom. The van der Waals surface area contributed by atoms with Crippen molar-refractivity contribution in [1.82, 2.24) is 19.9 Å². The third kappa shape index (κ3) is 3.34. The van der Waals surface area contributed by atoms with Crippen LogP contribution < -0.4 is 5.32 Å². The average Bonchev–Trinajstić information content (AvgIpc) is 2.68. The molecule has 1 saturated heterocycles. The van der Waals surface area contributed by atoms with Gasteiger partial charge in [0.1, 0.15) is 12.1 Å². The van der Waals surface area contributed by atoms with Crippen LogP contribution in [-0.2, 0) is 4.74 Å². The van der Waals surface area contributed by atoms with Gasteiger partial charge in [0.15, 0.2) is 5.65 Å². The summed E-state index contributed by atoms with van der Waals surface area (Å²) in [6.07, 6.45) is 1.58. The molecular weight excluding hydrogens is 278 g/mol. The van der Waals surface area contributed by atoms with Crippen LogP contribution in [0.1, 0.15) is 11.3 Å². The minimum absolute atomic E-state index is 0.455. The fraction of sp³-hybridized carbons (Fsp3) is 0.562. The Hall–Kier alpha value is -1.79. The van der Waals surface area contributed by atoms with Crippen LogP contribution in [0.15, 0.2) is 12.4 Å². The van der Waals surface area contributed by atoms with E-state index in [-0.39, 0.29) is 0 Å². The van der Waals surface area contributed by atoms with Crippen LogP contribution in [0, 0.1) is 19.8 Å². The van der Waals surface area contributed by atoms with Gasteiger partial charge in [-0.2, -0.15) is 0 Å². The van der Waals surface area contributed by atoms with E-state index in [0.717, 1.165) is 61.0 Å². The Bertz CT molecular complexity index is 660. The molecule has 1 atom stereocenters. The van der Waals surface area contributed by atoms with Crippen molar-refractivity contribution >= 4 is 16.9 Å². The van der Waals surface area contributed by atoms with Crippen LogP contribution in [-0.4, -0.2) is 59.7 Å². The van der Waals surface area contributed by atoms with Crippen LogP contribution in [0.25, 0.3) is 11.0 Å². The molecule has 0 spiro atoms. The molecule has 3 heterocycles. The maximum atomic E-state index is 5.67. The van der Waals surface area contributed by atoms with Gasteiger partial charge in [-0.3, -0.25) is 0 Å². The second-order valence-corrected chi connectivity index (χ2v) is 6.09. The third-order valence-electron chi connectivity index (χ3n) is 4.03. The van der Waals surface area contributed by atoms with Gasteiger partial charge in [0.25, 0.3) is 0 Å². The van der Waals surface area contributed by atoms with E-state index in [1.165, 1.54) is 0 Å². The Balaban J connectivity index is 1.79. The fourth-order valence-electron chi connectivity index (χ4n) is 2.96. The number of hydrogen-bond donors (Lipinski definition) is 1. The van der Waals surface area contributed by atoms with Gasteiger partial charge < -0.3 is 15.0 Å². The molecule has 0 bridgehead atoms. The minimum Gasteiger partial charge on any atom is -0.380 e. The summed E-state index contributed by atoms with van der Waals surface area (Å²) in [6.45, 7) is 8.53. The summed E-state index contributed by atoms with van der Waals surface area (Å²) in [5, 5.41) is 4.48. The minimum atomic E-state index is 0.455. The first-order valence-electron chi connectivity index (χ1n) is 7.72. The van der Waals surface area contributed by atoms with Crippen LogP contribution in [0.3, 0.4) is 0 Å². The summed E-state index contributed by atoms with van der Waals surface area (Å²) in [5.41, 5.74) is 2.89. The maximum absolute atomic E-state index is 5.67. The highest BCUT2D eigenvalue weighted by molar-refractivity contribution is 5.89. The van der Waals surface area contributed by atoms with Crippen LogP contribution in [0.5, 0.6) is 0 Å². The van der Waals surface area contributed by atoms with E-state index in [0.29, 0.717) is 5.92 Å². The van der Waals surface area contributed by atoms with Crippen molar-refractivity contribution in [3.05, 3.63) is 23.7 Å². The molecule has 3 rings (SSSR count). The number of hydrogen-bond acceptors (Lipinski definition) is 6. The van der Waals surface area contributed by atoms with Crippen LogP contribution >= 0.6 is 0 Å². The van der Waals surface area contributed by atoms with Gasteiger partial charge in [-0.25, -0.2) is 15.0 Å². The number of anilines is 1. The first-order chi connectivity index (χ1) is 10.6. The summed E-state index contributed by atoms with van der Waals surface area (Å²) >= 11 is 0. The second-order valence-electron chi connectivity index (χ2n) is 6.09. The van der Waals surface area contributed by atoms with Crippen LogP contribution in [0.2, 0.25) is 0 Å². The summed E-state index contributed by atoms with van der Waals surface area (Å²) in [5.74, 6) is 1.32. The summed E-state index contributed by atoms with van der Waals surface area (Å²) in [6, 6.07) is 2.07. The van der Waals surface area contributed by atoms with E-state index >= 15 is 0 Å². The van der Waals surface area contributed by atoms with Crippen molar-refractivity contribution < 1.29 is 4.74 Å². The molecule has 1 fully saturated rings. The highest BCUT2D eigenvalue weighted by atomic mass is 16.5. The van der Waals surface area contributed by atoms with Gasteiger partial charge in [-0.1, -0.05) is 0 Å². The van der Waals surface area contributed by atoms with Gasteiger partial charge in [0.05, 0.1) is 18.6 Å². The number of pyridine rings is 1. The van der Waals surface area contributed by atoms with Crippen LogP contribution in [0.4, 0.5) is 5.82 Å². The number of nitrogens with one attached hydrogen (secondary N) is 1. The second kappa shape index (κ2) is 6.54. The van der Waals surface area contributed by atoms with Crippen molar-refractivity contribution in [3.8, 4) is 0 Å². The molecule has 0 aromatic carbocycles. The topological polar surface area (TPSA) is 63.2 Å². The van der Waals surface area contributed by atoms with Crippen molar-refractivity contribution in [2.75, 3.05) is 45.2 Å². The van der Waals surface area contributed by atoms with E-state index in [9.17, 15) is 0 Å². The van der Waals surface area contributed by atoms with Crippen molar-refractivity contribution in [1.29, 1.82) is 0 Å². The smallest absolute Gasteiger partial charge is 0.165 e. The molecule has 1 aliphatic heterocycles. The molecule has 2 aromatic heterocycles.